The third-order valence-electron chi connectivity index (χ3n) is 3.70. The van der Waals surface area contributed by atoms with E-state index in [1.165, 1.54) is 7.11 Å². The summed E-state index contributed by atoms with van der Waals surface area (Å²) in [6.45, 7) is 4.54. The minimum Gasteiger partial charge on any atom is -0.494 e. The molecule has 19 heavy (non-hydrogen) atoms. The number of methoxy groups -OCH3 is 1. The number of nitrogens with one attached hydrogen (secondary N) is 1. The second-order valence-electron chi connectivity index (χ2n) is 4.88. The SMILES string of the molecule is CCNC(c1ccc(OC)c(F)c1)C1CCOCC1. The Morgan fingerprint density at radius 1 is 1.42 bits per heavy atom. The Balaban J connectivity index is 2.19. The number of ether oxygens (including phenoxy) is 2. The molecule has 1 aliphatic rings. The van der Waals surface area contributed by atoms with Gasteiger partial charge in [-0.3, -0.25) is 0 Å². The fourth-order valence-electron chi connectivity index (χ4n) is 2.70. The molecule has 1 atom stereocenters. The topological polar surface area (TPSA) is 30.5 Å². The molecule has 1 aromatic rings. The van der Waals surface area contributed by atoms with Gasteiger partial charge in [-0.2, -0.15) is 0 Å². The molecule has 1 unspecified atom stereocenters. The first-order valence-corrected chi connectivity index (χ1v) is 6.90. The molecule has 1 heterocycles. The summed E-state index contributed by atoms with van der Waals surface area (Å²) in [5.74, 6) is 0.502. The van der Waals surface area contributed by atoms with E-state index < -0.39 is 0 Å². The zero-order chi connectivity index (χ0) is 13.7. The molecule has 1 saturated heterocycles. The van der Waals surface area contributed by atoms with E-state index in [0.717, 1.165) is 38.2 Å². The normalized spacial score (nSPS) is 18.3. The maximum Gasteiger partial charge on any atom is 0.165 e. The highest BCUT2D eigenvalue weighted by molar-refractivity contribution is 5.31. The molecule has 0 amide bonds. The van der Waals surface area contributed by atoms with Crippen LogP contribution >= 0.6 is 0 Å². The molecule has 1 aliphatic heterocycles. The molecule has 0 bridgehead atoms. The van der Waals surface area contributed by atoms with Gasteiger partial charge >= 0.3 is 0 Å². The molecule has 1 N–H and O–H groups in total. The minimum absolute atomic E-state index is 0.189. The zero-order valence-corrected chi connectivity index (χ0v) is 11.6. The van der Waals surface area contributed by atoms with Crippen LogP contribution < -0.4 is 10.1 Å². The number of hydrogen-bond donors (Lipinski definition) is 1. The second-order valence-corrected chi connectivity index (χ2v) is 4.88. The maximum atomic E-state index is 13.8. The molecule has 0 spiro atoms. The Labute approximate surface area is 114 Å². The van der Waals surface area contributed by atoms with Gasteiger partial charge in [-0.25, -0.2) is 4.39 Å². The Bertz CT molecular complexity index is 405. The van der Waals surface area contributed by atoms with Crippen molar-refractivity contribution in [1.29, 1.82) is 0 Å². The summed E-state index contributed by atoms with van der Waals surface area (Å²) in [5.41, 5.74) is 0.993. The van der Waals surface area contributed by atoms with E-state index in [1.54, 1.807) is 12.1 Å². The van der Waals surface area contributed by atoms with Crippen molar-refractivity contribution in [3.8, 4) is 5.75 Å². The van der Waals surface area contributed by atoms with Crippen LogP contribution in [0.3, 0.4) is 0 Å². The van der Waals surface area contributed by atoms with E-state index in [0.29, 0.717) is 11.7 Å². The Morgan fingerprint density at radius 2 is 2.16 bits per heavy atom. The van der Waals surface area contributed by atoms with Gasteiger partial charge in [0.05, 0.1) is 7.11 Å². The summed E-state index contributed by atoms with van der Waals surface area (Å²) in [5, 5.41) is 3.47. The molecular formula is C15H22FNO2. The van der Waals surface area contributed by atoms with E-state index in [1.807, 2.05) is 6.07 Å². The highest BCUT2D eigenvalue weighted by Crippen LogP contribution is 2.31. The quantitative estimate of drug-likeness (QED) is 0.889. The predicted octanol–water partition coefficient (Wildman–Crippen LogP) is 2.91. The smallest absolute Gasteiger partial charge is 0.165 e. The van der Waals surface area contributed by atoms with E-state index in [2.05, 4.69) is 12.2 Å². The molecule has 106 valence electrons. The van der Waals surface area contributed by atoms with Gasteiger partial charge < -0.3 is 14.8 Å². The molecule has 0 aliphatic carbocycles. The van der Waals surface area contributed by atoms with Crippen LogP contribution in [-0.4, -0.2) is 26.9 Å². The van der Waals surface area contributed by atoms with E-state index in [-0.39, 0.29) is 11.9 Å². The Kier molecular flexibility index (Phi) is 5.16. The van der Waals surface area contributed by atoms with Crippen molar-refractivity contribution in [2.45, 2.75) is 25.8 Å². The third-order valence-corrected chi connectivity index (χ3v) is 3.70. The van der Waals surface area contributed by atoms with Crippen LogP contribution in [0.5, 0.6) is 5.75 Å². The van der Waals surface area contributed by atoms with Crippen molar-refractivity contribution < 1.29 is 13.9 Å². The number of benzene rings is 1. The monoisotopic (exact) mass is 267 g/mol. The molecule has 0 saturated carbocycles. The van der Waals surface area contributed by atoms with Gasteiger partial charge in [0.2, 0.25) is 0 Å². The van der Waals surface area contributed by atoms with Crippen molar-refractivity contribution in [3.05, 3.63) is 29.6 Å². The second kappa shape index (κ2) is 6.87. The summed E-state index contributed by atoms with van der Waals surface area (Å²) in [7, 11) is 1.48. The summed E-state index contributed by atoms with van der Waals surface area (Å²) >= 11 is 0. The number of hydrogen-bond acceptors (Lipinski definition) is 3. The van der Waals surface area contributed by atoms with Crippen molar-refractivity contribution in [2.24, 2.45) is 5.92 Å². The van der Waals surface area contributed by atoms with Gasteiger partial charge in [0.25, 0.3) is 0 Å². The first-order chi connectivity index (χ1) is 9.26. The minimum atomic E-state index is -0.296. The van der Waals surface area contributed by atoms with Crippen molar-refractivity contribution in [1.82, 2.24) is 5.32 Å². The lowest BCUT2D eigenvalue weighted by Gasteiger charge is -2.31. The van der Waals surface area contributed by atoms with Crippen molar-refractivity contribution >= 4 is 0 Å². The fourth-order valence-corrected chi connectivity index (χ4v) is 2.70. The molecule has 0 radical (unpaired) electrons. The van der Waals surface area contributed by atoms with Gasteiger partial charge in [0, 0.05) is 19.3 Å². The van der Waals surface area contributed by atoms with Crippen LogP contribution in [0, 0.1) is 11.7 Å². The Morgan fingerprint density at radius 3 is 2.74 bits per heavy atom. The highest BCUT2D eigenvalue weighted by atomic mass is 19.1. The number of rotatable bonds is 5. The maximum absolute atomic E-state index is 13.8. The van der Waals surface area contributed by atoms with Crippen molar-refractivity contribution in [2.75, 3.05) is 26.9 Å². The summed E-state index contributed by atoms with van der Waals surface area (Å²) < 4.78 is 24.2. The largest absolute Gasteiger partial charge is 0.494 e. The predicted molar refractivity (Wildman–Crippen MR) is 72.9 cm³/mol. The molecule has 1 fully saturated rings. The Hall–Kier alpha value is -1.13. The average molecular weight is 267 g/mol. The lowest BCUT2D eigenvalue weighted by Crippen LogP contribution is -2.32. The van der Waals surface area contributed by atoms with Crippen LogP contribution in [-0.2, 0) is 4.74 Å². The summed E-state index contributed by atoms with van der Waals surface area (Å²) in [6.07, 6.45) is 2.04. The molecular weight excluding hydrogens is 245 g/mol. The molecule has 2 rings (SSSR count). The summed E-state index contributed by atoms with van der Waals surface area (Å²) in [4.78, 5) is 0. The third kappa shape index (κ3) is 3.45. The van der Waals surface area contributed by atoms with Gasteiger partial charge in [0.15, 0.2) is 11.6 Å². The average Bonchev–Trinajstić information content (AvgIpc) is 2.45. The van der Waals surface area contributed by atoms with Gasteiger partial charge in [-0.15, -0.1) is 0 Å². The van der Waals surface area contributed by atoms with Crippen LogP contribution in [0.15, 0.2) is 18.2 Å². The van der Waals surface area contributed by atoms with E-state index in [4.69, 9.17) is 9.47 Å². The van der Waals surface area contributed by atoms with Gasteiger partial charge in [0.1, 0.15) is 0 Å². The first kappa shape index (κ1) is 14.3. The van der Waals surface area contributed by atoms with Crippen molar-refractivity contribution in [3.63, 3.8) is 0 Å². The first-order valence-electron chi connectivity index (χ1n) is 6.90. The lowest BCUT2D eigenvalue weighted by atomic mass is 9.87. The molecule has 1 aromatic carbocycles. The van der Waals surface area contributed by atoms with E-state index >= 15 is 0 Å². The summed E-state index contributed by atoms with van der Waals surface area (Å²) in [6, 6.07) is 5.43. The fraction of sp³-hybridized carbons (Fsp3) is 0.600. The van der Waals surface area contributed by atoms with Crippen LogP contribution in [0.2, 0.25) is 0 Å². The van der Waals surface area contributed by atoms with Crippen LogP contribution in [0.4, 0.5) is 4.39 Å². The molecule has 0 aromatic heterocycles. The van der Waals surface area contributed by atoms with Crippen LogP contribution in [0.1, 0.15) is 31.4 Å². The molecule has 4 heteroatoms. The highest BCUT2D eigenvalue weighted by Gasteiger charge is 2.25. The van der Waals surface area contributed by atoms with Crippen LogP contribution in [0.25, 0.3) is 0 Å². The number of halogens is 1. The lowest BCUT2D eigenvalue weighted by molar-refractivity contribution is 0.0538. The zero-order valence-electron chi connectivity index (χ0n) is 11.6. The van der Waals surface area contributed by atoms with Gasteiger partial charge in [-0.1, -0.05) is 13.0 Å². The van der Waals surface area contributed by atoms with E-state index in [9.17, 15) is 4.39 Å². The standard InChI is InChI=1S/C15H22FNO2/c1-3-17-15(11-6-8-19-9-7-11)12-4-5-14(18-2)13(16)10-12/h4-5,10-11,15,17H,3,6-9H2,1-2H3. The molecule has 3 nitrogen and oxygen atoms in total. The van der Waals surface area contributed by atoms with Gasteiger partial charge in [-0.05, 0) is 43.0 Å².